The van der Waals surface area contributed by atoms with E-state index in [4.69, 9.17) is 0 Å². The Morgan fingerprint density at radius 3 is 2.43 bits per heavy atom. The van der Waals surface area contributed by atoms with Gasteiger partial charge in [0.05, 0.1) is 15.1 Å². The summed E-state index contributed by atoms with van der Waals surface area (Å²) in [6, 6.07) is 5.22. The molecule has 1 N–H and O–H groups in total. The molecule has 2 aromatic rings. The van der Waals surface area contributed by atoms with Crippen LogP contribution in [-0.4, -0.2) is 42.3 Å². The first-order chi connectivity index (χ1) is 14.3. The Morgan fingerprint density at radius 1 is 1.13 bits per heavy atom. The van der Waals surface area contributed by atoms with Crippen LogP contribution in [0.25, 0.3) is 10.2 Å². The Labute approximate surface area is 181 Å². The van der Waals surface area contributed by atoms with E-state index in [-0.39, 0.29) is 33.7 Å². The minimum absolute atomic E-state index is 0.0168. The van der Waals surface area contributed by atoms with Crippen LogP contribution in [0.4, 0.5) is 0 Å². The molecule has 0 bridgehead atoms. The van der Waals surface area contributed by atoms with E-state index in [2.05, 4.69) is 5.32 Å². The highest BCUT2D eigenvalue weighted by Gasteiger charge is 2.33. The Morgan fingerprint density at radius 2 is 1.80 bits per heavy atom. The van der Waals surface area contributed by atoms with Crippen LogP contribution in [0.15, 0.2) is 27.9 Å². The molecule has 164 valence electrons. The Hall–Kier alpha value is -1.71. The Bertz CT molecular complexity index is 1090. The predicted octanol–water partition coefficient (Wildman–Crippen LogP) is 3.10. The van der Waals surface area contributed by atoms with Gasteiger partial charge in [-0.1, -0.05) is 24.2 Å². The van der Waals surface area contributed by atoms with Gasteiger partial charge in [0, 0.05) is 31.1 Å². The van der Waals surface area contributed by atoms with Crippen molar-refractivity contribution in [1.82, 2.24) is 14.2 Å². The standard InChI is InChI=1S/C21H29N3O4S2/c1-14(2)24-18-8-7-17(13-19(18)29-21(24)26)30(27,28)23-11-9-15(10-12-23)20(25)22-16-5-3-4-6-16/h7-8,13-16H,3-6,9-12H2,1-2H3,(H,22,25). The van der Waals surface area contributed by atoms with Gasteiger partial charge in [-0.25, -0.2) is 8.42 Å². The number of rotatable bonds is 5. The molecule has 0 atom stereocenters. The van der Waals surface area contributed by atoms with E-state index in [0.29, 0.717) is 30.6 Å². The lowest BCUT2D eigenvalue weighted by molar-refractivity contribution is -0.126. The molecule has 1 saturated carbocycles. The smallest absolute Gasteiger partial charge is 0.308 e. The lowest BCUT2D eigenvalue weighted by Gasteiger charge is -2.31. The number of carbonyl (C=O) groups excluding carboxylic acids is 1. The molecule has 2 aliphatic rings. The zero-order valence-electron chi connectivity index (χ0n) is 17.5. The molecule has 1 saturated heterocycles. The summed E-state index contributed by atoms with van der Waals surface area (Å²) in [6.45, 7) is 4.55. The fourth-order valence-electron chi connectivity index (χ4n) is 4.56. The maximum Gasteiger partial charge on any atom is 0.308 e. The van der Waals surface area contributed by atoms with E-state index < -0.39 is 10.0 Å². The van der Waals surface area contributed by atoms with Gasteiger partial charge in [-0.05, 0) is 57.7 Å². The highest BCUT2D eigenvalue weighted by molar-refractivity contribution is 7.89. The fourth-order valence-corrected chi connectivity index (χ4v) is 7.19. The van der Waals surface area contributed by atoms with Crippen LogP contribution in [0.1, 0.15) is 58.4 Å². The van der Waals surface area contributed by atoms with Crippen molar-refractivity contribution in [2.45, 2.75) is 69.4 Å². The molecule has 2 fully saturated rings. The molecule has 1 aliphatic heterocycles. The average Bonchev–Trinajstić information content (AvgIpc) is 3.33. The van der Waals surface area contributed by atoms with E-state index in [0.717, 1.165) is 29.7 Å². The van der Waals surface area contributed by atoms with Crippen LogP contribution < -0.4 is 10.2 Å². The molecule has 1 amide bonds. The predicted molar refractivity (Wildman–Crippen MR) is 118 cm³/mol. The van der Waals surface area contributed by atoms with Crippen LogP contribution in [0.5, 0.6) is 0 Å². The van der Waals surface area contributed by atoms with E-state index in [1.54, 1.807) is 22.8 Å². The monoisotopic (exact) mass is 451 g/mol. The van der Waals surface area contributed by atoms with Crippen LogP contribution in [0.2, 0.25) is 0 Å². The minimum Gasteiger partial charge on any atom is -0.353 e. The van der Waals surface area contributed by atoms with E-state index >= 15 is 0 Å². The van der Waals surface area contributed by atoms with Gasteiger partial charge in [0.2, 0.25) is 15.9 Å². The maximum atomic E-state index is 13.2. The summed E-state index contributed by atoms with van der Waals surface area (Å²) in [5.41, 5.74) is 0.765. The summed E-state index contributed by atoms with van der Waals surface area (Å²) < 4.78 is 30.1. The summed E-state index contributed by atoms with van der Waals surface area (Å²) in [6.07, 6.45) is 5.51. The quantitative estimate of drug-likeness (QED) is 0.757. The molecule has 9 heteroatoms. The molecule has 0 radical (unpaired) electrons. The Kier molecular flexibility index (Phi) is 6.05. The van der Waals surface area contributed by atoms with Gasteiger partial charge < -0.3 is 5.32 Å². The van der Waals surface area contributed by atoms with Crippen LogP contribution in [0, 0.1) is 5.92 Å². The first-order valence-corrected chi connectivity index (χ1v) is 13.0. The van der Waals surface area contributed by atoms with Crippen molar-refractivity contribution in [1.29, 1.82) is 0 Å². The van der Waals surface area contributed by atoms with Crippen molar-refractivity contribution >= 4 is 37.5 Å². The number of aromatic nitrogens is 1. The van der Waals surface area contributed by atoms with E-state index in [1.165, 1.54) is 17.1 Å². The summed E-state index contributed by atoms with van der Waals surface area (Å²) in [4.78, 5) is 24.9. The molecule has 2 heterocycles. The number of hydrogen-bond acceptors (Lipinski definition) is 5. The third kappa shape index (κ3) is 4.07. The number of carbonyl (C=O) groups is 1. The molecule has 4 rings (SSSR count). The number of nitrogens with zero attached hydrogens (tertiary/aromatic N) is 2. The van der Waals surface area contributed by atoms with E-state index in [9.17, 15) is 18.0 Å². The van der Waals surface area contributed by atoms with Crippen molar-refractivity contribution in [3.05, 3.63) is 27.9 Å². The molecular weight excluding hydrogens is 422 g/mol. The van der Waals surface area contributed by atoms with Crippen molar-refractivity contribution < 1.29 is 13.2 Å². The normalized spacial score (nSPS) is 19.7. The minimum atomic E-state index is -3.65. The fraction of sp³-hybridized carbons (Fsp3) is 0.619. The number of piperidine rings is 1. The van der Waals surface area contributed by atoms with Gasteiger partial charge in [-0.2, -0.15) is 4.31 Å². The number of benzene rings is 1. The Balaban J connectivity index is 1.46. The highest BCUT2D eigenvalue weighted by Crippen LogP contribution is 2.28. The van der Waals surface area contributed by atoms with Gasteiger partial charge in [0.25, 0.3) is 0 Å². The van der Waals surface area contributed by atoms with Crippen LogP contribution in [0.3, 0.4) is 0 Å². The second kappa shape index (κ2) is 8.43. The number of fused-ring (bicyclic) bond motifs is 1. The summed E-state index contributed by atoms with van der Waals surface area (Å²) in [5.74, 6) is -0.0509. The average molecular weight is 452 g/mol. The van der Waals surface area contributed by atoms with Crippen molar-refractivity contribution in [3.8, 4) is 0 Å². The largest absolute Gasteiger partial charge is 0.353 e. The summed E-state index contributed by atoms with van der Waals surface area (Å²) in [7, 11) is -3.65. The van der Waals surface area contributed by atoms with Crippen molar-refractivity contribution in [2.75, 3.05) is 13.1 Å². The van der Waals surface area contributed by atoms with Gasteiger partial charge in [-0.15, -0.1) is 0 Å². The van der Waals surface area contributed by atoms with Gasteiger partial charge >= 0.3 is 4.87 Å². The lowest BCUT2D eigenvalue weighted by Crippen LogP contribution is -2.44. The zero-order chi connectivity index (χ0) is 21.5. The number of sulfonamides is 1. The first-order valence-electron chi connectivity index (χ1n) is 10.7. The zero-order valence-corrected chi connectivity index (χ0v) is 19.1. The van der Waals surface area contributed by atoms with Gasteiger partial charge in [0.15, 0.2) is 0 Å². The molecule has 1 aromatic heterocycles. The molecule has 7 nitrogen and oxygen atoms in total. The summed E-state index contributed by atoms with van der Waals surface area (Å²) >= 11 is 1.07. The second-order valence-electron chi connectivity index (χ2n) is 8.63. The third-order valence-corrected chi connectivity index (χ3v) is 9.08. The number of hydrogen-bond donors (Lipinski definition) is 1. The van der Waals surface area contributed by atoms with Gasteiger partial charge in [0.1, 0.15) is 0 Å². The topological polar surface area (TPSA) is 88.5 Å². The molecule has 1 aliphatic carbocycles. The number of amides is 1. The van der Waals surface area contributed by atoms with Crippen LogP contribution >= 0.6 is 11.3 Å². The van der Waals surface area contributed by atoms with Crippen molar-refractivity contribution in [2.24, 2.45) is 5.92 Å². The second-order valence-corrected chi connectivity index (χ2v) is 11.6. The molecule has 0 unspecified atom stereocenters. The number of nitrogens with one attached hydrogen (secondary N) is 1. The number of thiazole rings is 1. The summed E-state index contributed by atoms with van der Waals surface area (Å²) in [5, 5.41) is 3.13. The maximum absolute atomic E-state index is 13.2. The molecular formula is C21H29N3O4S2. The first kappa shape index (κ1) is 21.5. The molecule has 30 heavy (non-hydrogen) atoms. The lowest BCUT2D eigenvalue weighted by atomic mass is 9.97. The van der Waals surface area contributed by atoms with Gasteiger partial charge in [-0.3, -0.25) is 14.2 Å². The van der Waals surface area contributed by atoms with Crippen molar-refractivity contribution in [3.63, 3.8) is 0 Å². The third-order valence-electron chi connectivity index (χ3n) is 6.27. The highest BCUT2D eigenvalue weighted by atomic mass is 32.2. The molecule has 0 spiro atoms. The van der Waals surface area contributed by atoms with E-state index in [1.807, 2.05) is 13.8 Å². The van der Waals surface area contributed by atoms with Crippen LogP contribution in [-0.2, 0) is 14.8 Å². The molecule has 1 aromatic carbocycles. The SMILES string of the molecule is CC(C)n1c(=O)sc2cc(S(=O)(=O)N3CCC(C(=O)NC4CCCC4)CC3)ccc21.